The Morgan fingerprint density at radius 1 is 1.24 bits per heavy atom. The molecule has 3 rings (SSSR count). The molecule has 11 heteroatoms. The molecule has 1 aliphatic heterocycles. The monoisotopic (exact) mass is 411 g/mol. The second-order valence-corrected chi connectivity index (χ2v) is 6.49. The Kier molecular flexibility index (Phi) is 6.47. The molecule has 0 saturated carbocycles. The molecule has 2 heterocycles. The highest BCUT2D eigenvalue weighted by Crippen LogP contribution is 2.31. The second kappa shape index (κ2) is 9.03. The van der Waals surface area contributed by atoms with E-state index in [1.807, 2.05) is 0 Å². The summed E-state index contributed by atoms with van der Waals surface area (Å²) in [6.07, 6.45) is -3.42. The Hall–Kier alpha value is -2.95. The zero-order valence-electron chi connectivity index (χ0n) is 15.4. The lowest BCUT2D eigenvalue weighted by atomic mass is 10.0. The van der Waals surface area contributed by atoms with Crippen LogP contribution in [0, 0.1) is 0 Å². The number of amides is 2. The SMILES string of the molecule is O=C(CCC(=O)N1CCOCC1)N[C@@H](c1cccc(C(F)(F)F)c1)c1ncn[nH]1. The van der Waals surface area contributed by atoms with Crippen LogP contribution in [-0.4, -0.2) is 58.2 Å². The number of aromatic nitrogens is 3. The van der Waals surface area contributed by atoms with Crippen molar-refractivity contribution >= 4 is 11.8 Å². The molecule has 29 heavy (non-hydrogen) atoms. The Balaban J connectivity index is 1.68. The van der Waals surface area contributed by atoms with Gasteiger partial charge in [0, 0.05) is 25.9 Å². The predicted molar refractivity (Wildman–Crippen MR) is 94.4 cm³/mol. The van der Waals surface area contributed by atoms with Gasteiger partial charge in [-0.15, -0.1) is 0 Å². The van der Waals surface area contributed by atoms with E-state index in [2.05, 4.69) is 20.5 Å². The normalized spacial score (nSPS) is 15.8. The maximum absolute atomic E-state index is 13.0. The largest absolute Gasteiger partial charge is 0.416 e. The molecule has 0 radical (unpaired) electrons. The van der Waals surface area contributed by atoms with Gasteiger partial charge in [-0.1, -0.05) is 12.1 Å². The number of aromatic amines is 1. The fraction of sp³-hybridized carbons (Fsp3) is 0.444. The van der Waals surface area contributed by atoms with Gasteiger partial charge in [0.05, 0.1) is 18.8 Å². The first kappa shape index (κ1) is 20.8. The van der Waals surface area contributed by atoms with Crippen LogP contribution in [0.4, 0.5) is 13.2 Å². The van der Waals surface area contributed by atoms with E-state index in [9.17, 15) is 22.8 Å². The van der Waals surface area contributed by atoms with E-state index in [4.69, 9.17) is 4.74 Å². The van der Waals surface area contributed by atoms with Crippen molar-refractivity contribution < 1.29 is 27.5 Å². The lowest BCUT2D eigenvalue weighted by molar-refractivity contribution is -0.138. The van der Waals surface area contributed by atoms with Crippen LogP contribution < -0.4 is 5.32 Å². The summed E-state index contributed by atoms with van der Waals surface area (Å²) in [4.78, 5) is 30.2. The van der Waals surface area contributed by atoms with Gasteiger partial charge in [0.2, 0.25) is 11.8 Å². The minimum absolute atomic E-state index is 0.00243. The number of carbonyl (C=O) groups excluding carboxylic acids is 2. The number of hydrogen-bond acceptors (Lipinski definition) is 5. The van der Waals surface area contributed by atoms with E-state index in [1.165, 1.54) is 18.5 Å². The van der Waals surface area contributed by atoms with Gasteiger partial charge < -0.3 is 15.0 Å². The summed E-state index contributed by atoms with van der Waals surface area (Å²) in [5.74, 6) is -0.457. The van der Waals surface area contributed by atoms with E-state index in [0.29, 0.717) is 26.3 Å². The number of nitrogens with zero attached hydrogens (tertiary/aromatic N) is 3. The summed E-state index contributed by atoms with van der Waals surface area (Å²) in [5.41, 5.74) is -0.638. The quantitative estimate of drug-likeness (QED) is 0.753. The molecule has 1 fully saturated rings. The number of hydrogen-bond donors (Lipinski definition) is 2. The third-order valence-electron chi connectivity index (χ3n) is 4.49. The third kappa shape index (κ3) is 5.53. The van der Waals surface area contributed by atoms with Crippen molar-refractivity contribution in [3.63, 3.8) is 0 Å². The molecule has 8 nitrogen and oxygen atoms in total. The molecule has 156 valence electrons. The van der Waals surface area contributed by atoms with Crippen LogP contribution in [0.5, 0.6) is 0 Å². The minimum atomic E-state index is -4.52. The molecule has 0 spiro atoms. The van der Waals surface area contributed by atoms with Crippen molar-refractivity contribution in [1.82, 2.24) is 25.4 Å². The summed E-state index contributed by atoms with van der Waals surface area (Å²) < 4.78 is 44.3. The first-order valence-corrected chi connectivity index (χ1v) is 9.02. The van der Waals surface area contributed by atoms with E-state index in [-0.39, 0.29) is 30.1 Å². The zero-order valence-corrected chi connectivity index (χ0v) is 15.4. The highest BCUT2D eigenvalue weighted by molar-refractivity contribution is 5.84. The van der Waals surface area contributed by atoms with Crippen molar-refractivity contribution in [2.45, 2.75) is 25.1 Å². The number of halogens is 3. The van der Waals surface area contributed by atoms with E-state index < -0.39 is 23.7 Å². The average Bonchev–Trinajstić information content (AvgIpc) is 3.25. The number of morpholine rings is 1. The van der Waals surface area contributed by atoms with Gasteiger partial charge in [-0.25, -0.2) is 4.98 Å². The Bertz CT molecular complexity index is 836. The summed E-state index contributed by atoms with van der Waals surface area (Å²) >= 11 is 0. The first-order chi connectivity index (χ1) is 13.8. The van der Waals surface area contributed by atoms with Gasteiger partial charge in [0.15, 0.2) is 5.82 Å². The number of ether oxygens (including phenoxy) is 1. The smallest absolute Gasteiger partial charge is 0.378 e. The van der Waals surface area contributed by atoms with Gasteiger partial charge >= 0.3 is 6.18 Å². The van der Waals surface area contributed by atoms with Crippen molar-refractivity contribution in [2.24, 2.45) is 0 Å². The molecular formula is C18H20F3N5O3. The molecule has 2 N–H and O–H groups in total. The van der Waals surface area contributed by atoms with Crippen LogP contribution >= 0.6 is 0 Å². The van der Waals surface area contributed by atoms with E-state index in [1.54, 1.807) is 4.90 Å². The molecular weight excluding hydrogens is 391 g/mol. The van der Waals surface area contributed by atoms with Crippen LogP contribution in [0.25, 0.3) is 0 Å². The van der Waals surface area contributed by atoms with Gasteiger partial charge in [0.1, 0.15) is 12.4 Å². The lowest BCUT2D eigenvalue weighted by Crippen LogP contribution is -2.41. The molecule has 0 aliphatic carbocycles. The highest BCUT2D eigenvalue weighted by Gasteiger charge is 2.31. The summed E-state index contributed by atoms with van der Waals surface area (Å²) in [6, 6.07) is 3.67. The van der Waals surface area contributed by atoms with Crippen LogP contribution in [0.2, 0.25) is 0 Å². The molecule has 1 aromatic carbocycles. The molecule has 0 bridgehead atoms. The van der Waals surface area contributed by atoms with E-state index in [0.717, 1.165) is 12.1 Å². The number of nitrogens with one attached hydrogen (secondary N) is 2. The topological polar surface area (TPSA) is 100 Å². The first-order valence-electron chi connectivity index (χ1n) is 9.02. The van der Waals surface area contributed by atoms with E-state index >= 15 is 0 Å². The highest BCUT2D eigenvalue weighted by atomic mass is 19.4. The van der Waals surface area contributed by atoms with Crippen LogP contribution in [0.1, 0.15) is 35.8 Å². The van der Waals surface area contributed by atoms with Gasteiger partial charge in [0.25, 0.3) is 0 Å². The fourth-order valence-corrected chi connectivity index (χ4v) is 2.98. The summed E-state index contributed by atoms with van der Waals surface area (Å²) in [6.45, 7) is 1.87. The Morgan fingerprint density at radius 3 is 2.66 bits per heavy atom. The Labute approximate surface area is 164 Å². The molecule has 1 aromatic heterocycles. The van der Waals surface area contributed by atoms with Crippen molar-refractivity contribution in [1.29, 1.82) is 0 Å². The third-order valence-corrected chi connectivity index (χ3v) is 4.49. The van der Waals surface area contributed by atoms with Gasteiger partial charge in [-0.2, -0.15) is 18.3 Å². The predicted octanol–water partition coefficient (Wildman–Crippen LogP) is 1.67. The van der Waals surface area contributed by atoms with Gasteiger partial charge in [-0.05, 0) is 17.7 Å². The number of alkyl halides is 3. The van der Waals surface area contributed by atoms with Crippen molar-refractivity contribution in [3.05, 3.63) is 47.5 Å². The molecule has 2 aromatic rings. The molecule has 2 amide bonds. The second-order valence-electron chi connectivity index (χ2n) is 6.49. The maximum atomic E-state index is 13.0. The molecule has 1 atom stereocenters. The molecule has 1 aliphatic rings. The summed E-state index contributed by atoms with van der Waals surface area (Å²) in [7, 11) is 0. The van der Waals surface area contributed by atoms with Crippen LogP contribution in [0.3, 0.4) is 0 Å². The van der Waals surface area contributed by atoms with Crippen LogP contribution in [0.15, 0.2) is 30.6 Å². The van der Waals surface area contributed by atoms with Gasteiger partial charge in [-0.3, -0.25) is 14.7 Å². The zero-order chi connectivity index (χ0) is 20.9. The maximum Gasteiger partial charge on any atom is 0.416 e. The van der Waals surface area contributed by atoms with Crippen molar-refractivity contribution in [2.75, 3.05) is 26.3 Å². The van der Waals surface area contributed by atoms with Crippen molar-refractivity contribution in [3.8, 4) is 0 Å². The summed E-state index contributed by atoms with van der Waals surface area (Å²) in [5, 5.41) is 8.91. The van der Waals surface area contributed by atoms with Crippen LogP contribution in [-0.2, 0) is 20.5 Å². The number of H-pyrrole nitrogens is 1. The number of carbonyl (C=O) groups is 2. The molecule has 0 unspecified atom stereocenters. The Morgan fingerprint density at radius 2 is 2.00 bits per heavy atom. The number of rotatable bonds is 6. The fourth-order valence-electron chi connectivity index (χ4n) is 2.98. The standard InChI is InChI=1S/C18H20F3N5O3/c19-18(20,21)13-3-1-2-12(10-13)16(17-22-11-23-25-17)24-14(27)4-5-15(28)26-6-8-29-9-7-26/h1-3,10-11,16H,4-9H2,(H,24,27)(H,22,23,25)/t16-/m0/s1. The number of benzene rings is 1. The lowest BCUT2D eigenvalue weighted by Gasteiger charge is -2.26. The molecule has 1 saturated heterocycles. The minimum Gasteiger partial charge on any atom is -0.378 e. The average molecular weight is 411 g/mol.